The van der Waals surface area contributed by atoms with Crippen molar-refractivity contribution in [1.82, 2.24) is 10.2 Å². The maximum atomic E-state index is 12.3. The van der Waals surface area contributed by atoms with Crippen LogP contribution in [0.3, 0.4) is 0 Å². The topological polar surface area (TPSA) is 75.4 Å². The number of hydrogen-bond donors (Lipinski definition) is 2. The summed E-state index contributed by atoms with van der Waals surface area (Å²) in [6, 6.07) is 0.470. The van der Waals surface area contributed by atoms with Crippen molar-refractivity contribution in [2.24, 2.45) is 17.6 Å². The Bertz CT molecular complexity index is 381. The van der Waals surface area contributed by atoms with Gasteiger partial charge in [0, 0.05) is 24.9 Å². The first kappa shape index (κ1) is 12.9. The van der Waals surface area contributed by atoms with Crippen molar-refractivity contribution < 1.29 is 9.59 Å². The van der Waals surface area contributed by atoms with Gasteiger partial charge >= 0.3 is 0 Å². The molecule has 0 radical (unpaired) electrons. The van der Waals surface area contributed by atoms with E-state index in [1.54, 1.807) is 0 Å². The van der Waals surface area contributed by atoms with Crippen molar-refractivity contribution in [3.8, 4) is 0 Å². The second kappa shape index (κ2) is 5.12. The van der Waals surface area contributed by atoms with Crippen LogP contribution in [0.4, 0.5) is 0 Å². The predicted octanol–water partition coefficient (Wildman–Crippen LogP) is 0.241. The molecule has 2 amide bonds. The Morgan fingerprint density at radius 2 is 2.11 bits per heavy atom. The van der Waals surface area contributed by atoms with Gasteiger partial charge in [-0.3, -0.25) is 9.59 Å². The van der Waals surface area contributed by atoms with Crippen LogP contribution in [0.5, 0.6) is 0 Å². The Kier molecular flexibility index (Phi) is 3.48. The lowest BCUT2D eigenvalue weighted by Gasteiger charge is -2.21. The first-order valence-corrected chi connectivity index (χ1v) is 7.49. The molecule has 3 N–H and O–H groups in total. The Labute approximate surface area is 113 Å². The molecule has 0 aromatic carbocycles. The number of likely N-dealkylation sites (tertiary alicyclic amines) is 1. The van der Waals surface area contributed by atoms with E-state index in [2.05, 4.69) is 5.32 Å². The fourth-order valence-corrected chi connectivity index (χ4v) is 3.54. The zero-order valence-electron chi connectivity index (χ0n) is 11.3. The molecular weight excluding hydrogens is 242 g/mol. The Balaban J connectivity index is 1.54. The first-order valence-electron chi connectivity index (χ1n) is 7.49. The van der Waals surface area contributed by atoms with Gasteiger partial charge in [-0.25, -0.2) is 0 Å². The smallest absolute Gasteiger partial charge is 0.225 e. The van der Waals surface area contributed by atoms with Crippen LogP contribution in [0.25, 0.3) is 0 Å². The quantitative estimate of drug-likeness (QED) is 0.764. The summed E-state index contributed by atoms with van der Waals surface area (Å²) in [7, 11) is 0. The van der Waals surface area contributed by atoms with Gasteiger partial charge in [-0.2, -0.15) is 0 Å². The van der Waals surface area contributed by atoms with Gasteiger partial charge in [-0.15, -0.1) is 0 Å². The van der Waals surface area contributed by atoms with E-state index in [1.165, 1.54) is 0 Å². The van der Waals surface area contributed by atoms with Gasteiger partial charge in [0.15, 0.2) is 0 Å². The maximum Gasteiger partial charge on any atom is 0.225 e. The molecule has 0 aromatic rings. The lowest BCUT2D eigenvalue weighted by Crippen LogP contribution is -2.42. The van der Waals surface area contributed by atoms with Crippen molar-refractivity contribution >= 4 is 11.8 Å². The number of hydrogen-bond acceptors (Lipinski definition) is 3. The predicted molar refractivity (Wildman–Crippen MR) is 71.2 cm³/mol. The van der Waals surface area contributed by atoms with Gasteiger partial charge in [0.1, 0.15) is 0 Å². The van der Waals surface area contributed by atoms with Crippen molar-refractivity contribution in [2.75, 3.05) is 13.1 Å². The monoisotopic (exact) mass is 265 g/mol. The van der Waals surface area contributed by atoms with Gasteiger partial charge in [-0.1, -0.05) is 6.42 Å². The molecule has 0 aromatic heterocycles. The summed E-state index contributed by atoms with van der Waals surface area (Å²) in [5.41, 5.74) is 5.72. The SMILES string of the molecule is NC[C@H]1CCC[C@H]1C(=O)NC1CC(=O)N(C2CC2)C1. The standard InChI is InChI=1S/C14H23N3O2/c15-7-9-2-1-3-12(9)14(19)16-10-6-13(18)17(8-10)11-4-5-11/h9-12H,1-8,15H2,(H,16,19)/t9-,10?,12-/m1/s1. The number of amides is 2. The normalized spacial score (nSPS) is 34.9. The Hall–Kier alpha value is -1.10. The summed E-state index contributed by atoms with van der Waals surface area (Å²) in [5, 5.41) is 3.07. The number of nitrogens with two attached hydrogens (primary N) is 1. The number of rotatable bonds is 4. The molecule has 106 valence electrons. The highest BCUT2D eigenvalue weighted by atomic mass is 16.2. The lowest BCUT2D eigenvalue weighted by atomic mass is 9.95. The lowest BCUT2D eigenvalue weighted by molar-refractivity contribution is -0.128. The summed E-state index contributed by atoms with van der Waals surface area (Å²) in [6.07, 6.45) is 5.83. The van der Waals surface area contributed by atoms with Crippen LogP contribution < -0.4 is 11.1 Å². The van der Waals surface area contributed by atoms with E-state index in [-0.39, 0.29) is 23.8 Å². The highest BCUT2D eigenvalue weighted by molar-refractivity contribution is 5.83. The Morgan fingerprint density at radius 3 is 2.79 bits per heavy atom. The van der Waals surface area contributed by atoms with E-state index in [9.17, 15) is 9.59 Å². The van der Waals surface area contributed by atoms with Gasteiger partial charge in [0.25, 0.3) is 0 Å². The number of carbonyl (C=O) groups excluding carboxylic acids is 2. The van der Waals surface area contributed by atoms with Crippen LogP contribution in [0.15, 0.2) is 0 Å². The van der Waals surface area contributed by atoms with E-state index in [1.807, 2.05) is 4.90 Å². The maximum absolute atomic E-state index is 12.3. The Morgan fingerprint density at radius 1 is 1.32 bits per heavy atom. The summed E-state index contributed by atoms with van der Waals surface area (Å²) in [5.74, 6) is 0.713. The molecule has 5 heteroatoms. The third-order valence-electron chi connectivity index (χ3n) is 4.79. The minimum Gasteiger partial charge on any atom is -0.351 e. The summed E-state index contributed by atoms with van der Waals surface area (Å²) in [4.78, 5) is 26.1. The third kappa shape index (κ3) is 2.61. The van der Waals surface area contributed by atoms with Crippen LogP contribution in [0, 0.1) is 11.8 Å². The number of carbonyl (C=O) groups is 2. The van der Waals surface area contributed by atoms with Crippen molar-refractivity contribution in [1.29, 1.82) is 0 Å². The molecule has 5 nitrogen and oxygen atoms in total. The molecule has 3 fully saturated rings. The van der Waals surface area contributed by atoms with Crippen LogP contribution in [-0.4, -0.2) is 41.9 Å². The van der Waals surface area contributed by atoms with Crippen molar-refractivity contribution in [3.63, 3.8) is 0 Å². The highest BCUT2D eigenvalue weighted by Crippen LogP contribution is 2.33. The molecule has 19 heavy (non-hydrogen) atoms. The first-order chi connectivity index (χ1) is 9.19. The van der Waals surface area contributed by atoms with E-state index >= 15 is 0 Å². The number of nitrogens with zero attached hydrogens (tertiary/aromatic N) is 1. The molecular formula is C14H23N3O2. The second-order valence-electron chi connectivity index (χ2n) is 6.22. The van der Waals surface area contributed by atoms with E-state index in [0.29, 0.717) is 31.5 Å². The number of nitrogens with one attached hydrogen (secondary N) is 1. The second-order valence-corrected chi connectivity index (χ2v) is 6.22. The summed E-state index contributed by atoms with van der Waals surface area (Å²) >= 11 is 0. The van der Waals surface area contributed by atoms with E-state index < -0.39 is 0 Å². The van der Waals surface area contributed by atoms with Gasteiger partial charge in [0.2, 0.25) is 11.8 Å². The molecule has 2 aliphatic carbocycles. The molecule has 3 atom stereocenters. The zero-order valence-corrected chi connectivity index (χ0v) is 11.3. The van der Waals surface area contributed by atoms with Crippen LogP contribution in [0.2, 0.25) is 0 Å². The molecule has 1 unspecified atom stereocenters. The van der Waals surface area contributed by atoms with Crippen LogP contribution in [-0.2, 0) is 9.59 Å². The molecule has 3 aliphatic rings. The minimum absolute atomic E-state index is 0.0135. The third-order valence-corrected chi connectivity index (χ3v) is 4.79. The largest absolute Gasteiger partial charge is 0.351 e. The fraction of sp³-hybridized carbons (Fsp3) is 0.857. The molecule has 0 spiro atoms. The van der Waals surface area contributed by atoms with Gasteiger partial charge in [0.05, 0.1) is 6.04 Å². The molecule has 0 bridgehead atoms. The molecule has 1 aliphatic heterocycles. The van der Waals surface area contributed by atoms with Crippen molar-refractivity contribution in [2.45, 2.75) is 50.6 Å². The average molecular weight is 265 g/mol. The molecule has 3 rings (SSSR count). The van der Waals surface area contributed by atoms with Gasteiger partial charge in [-0.05, 0) is 38.1 Å². The van der Waals surface area contributed by atoms with Crippen LogP contribution in [0.1, 0.15) is 38.5 Å². The fourth-order valence-electron chi connectivity index (χ4n) is 3.54. The van der Waals surface area contributed by atoms with Crippen LogP contribution >= 0.6 is 0 Å². The van der Waals surface area contributed by atoms with Crippen molar-refractivity contribution in [3.05, 3.63) is 0 Å². The molecule has 2 saturated carbocycles. The van der Waals surface area contributed by atoms with E-state index in [0.717, 1.165) is 32.1 Å². The molecule has 1 saturated heterocycles. The summed E-state index contributed by atoms with van der Waals surface area (Å²) in [6.45, 7) is 1.30. The van der Waals surface area contributed by atoms with E-state index in [4.69, 9.17) is 5.73 Å². The minimum atomic E-state index is 0.0135. The average Bonchev–Trinajstić information content (AvgIpc) is 2.99. The molecule has 1 heterocycles. The van der Waals surface area contributed by atoms with Gasteiger partial charge < -0.3 is 16.0 Å². The highest BCUT2D eigenvalue weighted by Gasteiger charge is 2.41. The zero-order chi connectivity index (χ0) is 13.4. The summed E-state index contributed by atoms with van der Waals surface area (Å²) < 4.78 is 0.